The SMILES string of the molecule is CC(C)CCc1noc(CSc2ncc(-c3ccccc3)n2CC2CCCO2)n1. The second kappa shape index (κ2) is 9.59. The highest BCUT2D eigenvalue weighted by atomic mass is 32.2. The third-order valence-electron chi connectivity index (χ3n) is 5.08. The molecular weight excluding hydrogens is 384 g/mol. The third kappa shape index (κ3) is 5.28. The molecule has 29 heavy (non-hydrogen) atoms. The lowest BCUT2D eigenvalue weighted by Crippen LogP contribution is -2.16. The fraction of sp³-hybridized carbons (Fsp3) is 0.500. The smallest absolute Gasteiger partial charge is 0.237 e. The minimum Gasteiger partial charge on any atom is -0.376 e. The largest absolute Gasteiger partial charge is 0.376 e. The number of nitrogens with zero attached hydrogens (tertiary/aromatic N) is 4. The highest BCUT2D eigenvalue weighted by Gasteiger charge is 2.21. The van der Waals surface area contributed by atoms with E-state index in [-0.39, 0.29) is 6.10 Å². The Kier molecular flexibility index (Phi) is 6.67. The molecule has 1 fully saturated rings. The Labute approximate surface area is 176 Å². The van der Waals surface area contributed by atoms with Crippen molar-refractivity contribution in [3.05, 3.63) is 48.2 Å². The standard InChI is InChI=1S/C22H28N4O2S/c1-16(2)10-11-20-24-21(28-25-20)15-29-22-23-13-19(17-7-4-3-5-8-17)26(22)14-18-9-6-12-27-18/h3-5,7-8,13,16,18H,6,9-12,14-15H2,1-2H3. The topological polar surface area (TPSA) is 66.0 Å². The van der Waals surface area contributed by atoms with Crippen molar-refractivity contribution < 1.29 is 9.26 Å². The zero-order valence-electron chi connectivity index (χ0n) is 17.1. The fourth-order valence-corrected chi connectivity index (χ4v) is 4.30. The third-order valence-corrected chi connectivity index (χ3v) is 6.05. The van der Waals surface area contributed by atoms with Gasteiger partial charge in [0.1, 0.15) is 0 Å². The van der Waals surface area contributed by atoms with Crippen molar-refractivity contribution in [3.63, 3.8) is 0 Å². The number of thioether (sulfide) groups is 1. The summed E-state index contributed by atoms with van der Waals surface area (Å²) in [5.74, 6) is 2.70. The van der Waals surface area contributed by atoms with Gasteiger partial charge >= 0.3 is 0 Å². The van der Waals surface area contributed by atoms with E-state index in [0.717, 1.165) is 55.5 Å². The Morgan fingerprint density at radius 2 is 2.10 bits per heavy atom. The van der Waals surface area contributed by atoms with Gasteiger partial charge in [-0.1, -0.05) is 61.1 Å². The van der Waals surface area contributed by atoms with Crippen LogP contribution in [0.5, 0.6) is 0 Å². The summed E-state index contributed by atoms with van der Waals surface area (Å²) in [5, 5.41) is 5.07. The van der Waals surface area contributed by atoms with Gasteiger partial charge < -0.3 is 13.8 Å². The van der Waals surface area contributed by atoms with Gasteiger partial charge in [0.15, 0.2) is 11.0 Å². The summed E-state index contributed by atoms with van der Waals surface area (Å²) in [6, 6.07) is 10.4. The number of rotatable bonds is 9. The first kappa shape index (κ1) is 20.2. The Bertz CT molecular complexity index is 901. The van der Waals surface area contributed by atoms with E-state index < -0.39 is 0 Å². The normalized spacial score (nSPS) is 16.7. The number of aryl methyl sites for hydroxylation is 1. The molecule has 0 aliphatic carbocycles. The van der Waals surface area contributed by atoms with Gasteiger partial charge in [0.2, 0.25) is 5.89 Å². The molecule has 154 valence electrons. The second-order valence-corrected chi connectivity index (χ2v) is 8.81. The van der Waals surface area contributed by atoms with Crippen LogP contribution in [0.1, 0.15) is 44.8 Å². The molecular formula is C22H28N4O2S. The van der Waals surface area contributed by atoms with E-state index in [0.29, 0.717) is 17.6 Å². The van der Waals surface area contributed by atoms with Gasteiger partial charge in [0.05, 0.1) is 30.3 Å². The first-order valence-corrected chi connectivity index (χ1v) is 11.3. The van der Waals surface area contributed by atoms with Crippen LogP contribution in [-0.4, -0.2) is 32.4 Å². The highest BCUT2D eigenvalue weighted by molar-refractivity contribution is 7.98. The summed E-state index contributed by atoms with van der Waals surface area (Å²) < 4.78 is 13.6. The molecule has 0 saturated carbocycles. The van der Waals surface area contributed by atoms with Crippen molar-refractivity contribution in [1.82, 2.24) is 19.7 Å². The van der Waals surface area contributed by atoms with Crippen molar-refractivity contribution >= 4 is 11.8 Å². The van der Waals surface area contributed by atoms with E-state index >= 15 is 0 Å². The minimum atomic E-state index is 0.247. The van der Waals surface area contributed by atoms with Gasteiger partial charge in [-0.2, -0.15) is 4.98 Å². The second-order valence-electron chi connectivity index (χ2n) is 7.86. The Balaban J connectivity index is 1.48. The molecule has 2 aromatic heterocycles. The van der Waals surface area contributed by atoms with Crippen molar-refractivity contribution in [2.45, 2.75) is 63.1 Å². The van der Waals surface area contributed by atoms with Crippen molar-refractivity contribution in [2.24, 2.45) is 5.92 Å². The van der Waals surface area contributed by atoms with Crippen LogP contribution in [0.3, 0.4) is 0 Å². The van der Waals surface area contributed by atoms with Crippen molar-refractivity contribution in [2.75, 3.05) is 6.61 Å². The lowest BCUT2D eigenvalue weighted by atomic mass is 10.1. The Morgan fingerprint density at radius 3 is 2.86 bits per heavy atom. The van der Waals surface area contributed by atoms with Crippen LogP contribution < -0.4 is 0 Å². The van der Waals surface area contributed by atoms with Gasteiger partial charge in [-0.05, 0) is 30.7 Å². The van der Waals surface area contributed by atoms with Crippen LogP contribution in [0.15, 0.2) is 46.2 Å². The average molecular weight is 413 g/mol. The lowest BCUT2D eigenvalue weighted by molar-refractivity contribution is 0.0954. The first-order valence-electron chi connectivity index (χ1n) is 10.4. The first-order chi connectivity index (χ1) is 14.2. The van der Waals surface area contributed by atoms with E-state index in [9.17, 15) is 0 Å². The molecule has 7 heteroatoms. The Morgan fingerprint density at radius 1 is 1.24 bits per heavy atom. The molecule has 1 unspecified atom stereocenters. The highest BCUT2D eigenvalue weighted by Crippen LogP contribution is 2.29. The molecule has 6 nitrogen and oxygen atoms in total. The quantitative estimate of drug-likeness (QED) is 0.461. The zero-order valence-corrected chi connectivity index (χ0v) is 17.9. The summed E-state index contributed by atoms with van der Waals surface area (Å²) in [7, 11) is 0. The molecule has 3 heterocycles. The van der Waals surface area contributed by atoms with Crippen LogP contribution in [0.25, 0.3) is 11.3 Å². The maximum absolute atomic E-state index is 5.89. The van der Waals surface area contributed by atoms with Crippen LogP contribution in [0.2, 0.25) is 0 Å². The zero-order chi connectivity index (χ0) is 20.1. The van der Waals surface area contributed by atoms with Crippen molar-refractivity contribution in [3.8, 4) is 11.3 Å². The molecule has 0 N–H and O–H groups in total. The maximum Gasteiger partial charge on any atom is 0.237 e. The van der Waals surface area contributed by atoms with E-state index in [2.05, 4.69) is 52.8 Å². The van der Waals surface area contributed by atoms with Gasteiger partial charge in [-0.15, -0.1) is 0 Å². The summed E-state index contributed by atoms with van der Waals surface area (Å²) in [5.41, 5.74) is 2.28. The molecule has 1 aliphatic rings. The number of imidazole rings is 1. The number of hydrogen-bond donors (Lipinski definition) is 0. The summed E-state index contributed by atoms with van der Waals surface area (Å²) in [6.07, 6.45) is 6.35. The monoisotopic (exact) mass is 412 g/mol. The van der Waals surface area contributed by atoms with Gasteiger partial charge in [-0.3, -0.25) is 0 Å². The van der Waals surface area contributed by atoms with Crippen LogP contribution in [0.4, 0.5) is 0 Å². The number of ether oxygens (including phenoxy) is 1. The predicted molar refractivity (Wildman–Crippen MR) is 114 cm³/mol. The van der Waals surface area contributed by atoms with Gasteiger partial charge in [-0.25, -0.2) is 4.98 Å². The maximum atomic E-state index is 5.89. The number of aromatic nitrogens is 4. The molecule has 0 bridgehead atoms. The van der Waals surface area contributed by atoms with E-state index in [4.69, 9.17) is 14.2 Å². The van der Waals surface area contributed by atoms with Gasteiger partial charge in [0.25, 0.3) is 0 Å². The van der Waals surface area contributed by atoms with Crippen LogP contribution in [-0.2, 0) is 23.5 Å². The molecule has 3 aromatic rings. The molecule has 1 saturated heterocycles. The molecule has 1 atom stereocenters. The minimum absolute atomic E-state index is 0.247. The Hall–Kier alpha value is -2.12. The molecule has 0 radical (unpaired) electrons. The average Bonchev–Trinajstić information content (AvgIpc) is 3.48. The molecule has 0 spiro atoms. The summed E-state index contributed by atoms with van der Waals surface area (Å²) in [4.78, 5) is 9.23. The van der Waals surface area contributed by atoms with E-state index in [1.165, 1.54) is 5.56 Å². The fourth-order valence-electron chi connectivity index (χ4n) is 3.48. The van der Waals surface area contributed by atoms with Gasteiger partial charge in [0, 0.05) is 13.0 Å². The number of hydrogen-bond acceptors (Lipinski definition) is 6. The van der Waals surface area contributed by atoms with E-state index in [1.54, 1.807) is 11.8 Å². The molecule has 1 aromatic carbocycles. The molecule has 1 aliphatic heterocycles. The van der Waals surface area contributed by atoms with E-state index in [1.807, 2.05) is 12.3 Å². The van der Waals surface area contributed by atoms with Crippen LogP contribution >= 0.6 is 11.8 Å². The summed E-state index contributed by atoms with van der Waals surface area (Å²) >= 11 is 1.64. The summed E-state index contributed by atoms with van der Waals surface area (Å²) in [6.45, 7) is 6.07. The predicted octanol–water partition coefficient (Wildman–Crippen LogP) is 4.99. The molecule has 4 rings (SSSR count). The lowest BCUT2D eigenvalue weighted by Gasteiger charge is -2.15. The molecule has 0 amide bonds. The van der Waals surface area contributed by atoms with Crippen LogP contribution in [0, 0.1) is 5.92 Å². The van der Waals surface area contributed by atoms with Crippen molar-refractivity contribution in [1.29, 1.82) is 0 Å². The number of benzene rings is 1.